The van der Waals surface area contributed by atoms with Crippen LogP contribution >= 0.6 is 0 Å². The topological polar surface area (TPSA) is 68.5 Å². The predicted molar refractivity (Wildman–Crippen MR) is 93.2 cm³/mol. The van der Waals surface area contributed by atoms with Gasteiger partial charge in [-0.1, -0.05) is 29.8 Å². The van der Waals surface area contributed by atoms with E-state index in [4.69, 9.17) is 9.26 Å². The summed E-state index contributed by atoms with van der Waals surface area (Å²) in [4.78, 5) is 18.4. The highest BCUT2D eigenvalue weighted by Crippen LogP contribution is 2.30. The van der Waals surface area contributed by atoms with Crippen molar-refractivity contribution in [3.05, 3.63) is 47.1 Å². The molecular weight excluding hydrogens is 375 g/mol. The highest BCUT2D eigenvalue weighted by atomic mass is 19.4. The normalized spacial score (nSPS) is 18.2. The van der Waals surface area contributed by atoms with Crippen molar-refractivity contribution in [3.8, 4) is 0 Å². The number of alkyl halides is 3. The van der Waals surface area contributed by atoms with Crippen molar-refractivity contribution in [2.45, 2.75) is 51.4 Å². The number of ether oxygens (including phenoxy) is 1. The summed E-state index contributed by atoms with van der Waals surface area (Å²) in [6.45, 7) is 3.11. The van der Waals surface area contributed by atoms with Gasteiger partial charge in [0.05, 0.1) is 18.7 Å². The molecule has 9 heteroatoms. The second kappa shape index (κ2) is 8.72. The van der Waals surface area contributed by atoms with Gasteiger partial charge in [-0.3, -0.25) is 9.69 Å². The Balaban J connectivity index is 1.66. The van der Waals surface area contributed by atoms with Crippen LogP contribution < -0.4 is 0 Å². The minimum Gasteiger partial charge on any atom is -0.465 e. The zero-order chi connectivity index (χ0) is 20.1. The Morgan fingerprint density at radius 2 is 2.18 bits per heavy atom. The van der Waals surface area contributed by atoms with Crippen LogP contribution in [0.25, 0.3) is 0 Å². The maximum Gasteiger partial charge on any atom is 0.416 e. The number of nitrogens with zero attached hydrogens (tertiary/aromatic N) is 3. The van der Waals surface area contributed by atoms with Crippen LogP contribution in [0.15, 0.2) is 28.8 Å². The number of hydrogen-bond acceptors (Lipinski definition) is 6. The number of halogens is 3. The SMILES string of the molecule is CCOC(=O)[C@H]1CCCCN1Cc1nc(Cc2cccc(C(F)(F)F)c2)no1. The first-order valence-electron chi connectivity index (χ1n) is 9.25. The number of benzene rings is 1. The van der Waals surface area contributed by atoms with E-state index < -0.39 is 11.7 Å². The Morgan fingerprint density at radius 1 is 1.36 bits per heavy atom. The molecule has 2 heterocycles. The van der Waals surface area contributed by atoms with Gasteiger partial charge in [-0.2, -0.15) is 18.2 Å². The second-order valence-corrected chi connectivity index (χ2v) is 6.71. The van der Waals surface area contributed by atoms with Crippen LogP contribution in [0.2, 0.25) is 0 Å². The molecule has 1 aliphatic rings. The summed E-state index contributed by atoms with van der Waals surface area (Å²) in [5.41, 5.74) is -0.260. The molecule has 0 spiro atoms. The summed E-state index contributed by atoms with van der Waals surface area (Å²) in [7, 11) is 0. The molecule has 1 atom stereocenters. The average Bonchev–Trinajstić information content (AvgIpc) is 3.09. The molecule has 152 valence electrons. The Labute approximate surface area is 160 Å². The van der Waals surface area contributed by atoms with Gasteiger partial charge in [0.2, 0.25) is 5.89 Å². The molecule has 2 aromatic rings. The molecule has 6 nitrogen and oxygen atoms in total. The first-order valence-corrected chi connectivity index (χ1v) is 9.25. The molecule has 0 unspecified atom stereocenters. The van der Waals surface area contributed by atoms with Gasteiger partial charge in [0, 0.05) is 6.42 Å². The van der Waals surface area contributed by atoms with Crippen LogP contribution in [0.3, 0.4) is 0 Å². The molecule has 0 saturated carbocycles. The van der Waals surface area contributed by atoms with Crippen LogP contribution in [0, 0.1) is 0 Å². The second-order valence-electron chi connectivity index (χ2n) is 6.71. The van der Waals surface area contributed by atoms with E-state index >= 15 is 0 Å². The van der Waals surface area contributed by atoms with E-state index in [2.05, 4.69) is 10.1 Å². The van der Waals surface area contributed by atoms with Gasteiger partial charge in [-0.25, -0.2) is 0 Å². The average molecular weight is 397 g/mol. The van der Waals surface area contributed by atoms with Gasteiger partial charge in [0.25, 0.3) is 0 Å². The number of hydrogen-bond donors (Lipinski definition) is 0. The van der Waals surface area contributed by atoms with Gasteiger partial charge >= 0.3 is 12.1 Å². The number of esters is 1. The number of carbonyl (C=O) groups is 1. The van der Waals surface area contributed by atoms with Crippen LogP contribution in [0.5, 0.6) is 0 Å². The largest absolute Gasteiger partial charge is 0.465 e. The van der Waals surface area contributed by atoms with Crippen molar-refractivity contribution in [1.82, 2.24) is 15.0 Å². The Bertz CT molecular complexity index is 807. The molecule has 0 radical (unpaired) electrons. The van der Waals surface area contributed by atoms with E-state index in [0.717, 1.165) is 31.5 Å². The van der Waals surface area contributed by atoms with Gasteiger partial charge in [-0.15, -0.1) is 0 Å². The van der Waals surface area contributed by atoms with Crippen LogP contribution in [0.4, 0.5) is 13.2 Å². The fourth-order valence-electron chi connectivity index (χ4n) is 3.33. The third-order valence-corrected chi connectivity index (χ3v) is 4.64. The molecule has 0 aliphatic carbocycles. The first kappa shape index (κ1) is 20.3. The molecule has 1 aliphatic heterocycles. The fourth-order valence-corrected chi connectivity index (χ4v) is 3.33. The molecular formula is C19H22F3N3O3. The zero-order valence-corrected chi connectivity index (χ0v) is 15.5. The van der Waals surface area contributed by atoms with Gasteiger partial charge in [0.15, 0.2) is 5.82 Å². The lowest BCUT2D eigenvalue weighted by Crippen LogP contribution is -2.45. The standard InChI is InChI=1S/C19H22F3N3O3/c1-2-27-18(26)15-8-3-4-9-25(15)12-17-23-16(24-28-17)11-13-6-5-7-14(10-13)19(20,21)22/h5-7,10,15H,2-4,8-9,11-12H2,1H3/t15-/m1/s1. The van der Waals surface area contributed by atoms with E-state index in [1.165, 1.54) is 6.07 Å². The summed E-state index contributed by atoms with van der Waals surface area (Å²) >= 11 is 0. The van der Waals surface area contributed by atoms with E-state index in [1.807, 2.05) is 4.90 Å². The lowest BCUT2D eigenvalue weighted by atomic mass is 10.0. The number of piperidine rings is 1. The third kappa shape index (κ3) is 5.09. The van der Waals surface area contributed by atoms with E-state index in [-0.39, 0.29) is 18.4 Å². The minimum absolute atomic E-state index is 0.134. The van der Waals surface area contributed by atoms with Crippen molar-refractivity contribution in [2.24, 2.45) is 0 Å². The maximum absolute atomic E-state index is 12.8. The number of likely N-dealkylation sites (tertiary alicyclic amines) is 1. The molecule has 0 amide bonds. The minimum atomic E-state index is -4.39. The summed E-state index contributed by atoms with van der Waals surface area (Å²) in [6.07, 6.45) is -1.64. The van der Waals surface area contributed by atoms with Gasteiger partial charge < -0.3 is 9.26 Å². The van der Waals surface area contributed by atoms with Gasteiger partial charge in [-0.05, 0) is 37.9 Å². The van der Waals surface area contributed by atoms with Crippen molar-refractivity contribution in [3.63, 3.8) is 0 Å². The van der Waals surface area contributed by atoms with Crippen LogP contribution in [-0.2, 0) is 28.7 Å². The summed E-state index contributed by atoms with van der Waals surface area (Å²) in [5.74, 6) is 0.378. The predicted octanol–water partition coefficient (Wildman–Crippen LogP) is 3.60. The van der Waals surface area contributed by atoms with Gasteiger partial charge in [0.1, 0.15) is 6.04 Å². The van der Waals surface area contributed by atoms with Crippen molar-refractivity contribution in [1.29, 1.82) is 0 Å². The molecule has 1 fully saturated rings. The van der Waals surface area contributed by atoms with Crippen LogP contribution in [0.1, 0.15) is 49.0 Å². The summed E-state index contributed by atoms with van der Waals surface area (Å²) < 4.78 is 48.9. The fraction of sp³-hybridized carbons (Fsp3) is 0.526. The smallest absolute Gasteiger partial charge is 0.416 e. The first-order chi connectivity index (χ1) is 13.4. The summed E-state index contributed by atoms with van der Waals surface area (Å²) in [5, 5.41) is 3.86. The highest BCUT2D eigenvalue weighted by Gasteiger charge is 2.32. The zero-order valence-electron chi connectivity index (χ0n) is 15.5. The third-order valence-electron chi connectivity index (χ3n) is 4.64. The van der Waals surface area contributed by atoms with E-state index in [1.54, 1.807) is 13.0 Å². The maximum atomic E-state index is 12.8. The monoisotopic (exact) mass is 397 g/mol. The van der Waals surface area contributed by atoms with Crippen molar-refractivity contribution >= 4 is 5.97 Å². The van der Waals surface area contributed by atoms with E-state index in [0.29, 0.717) is 36.9 Å². The molecule has 0 bridgehead atoms. The van der Waals surface area contributed by atoms with Crippen molar-refractivity contribution < 1.29 is 27.2 Å². The lowest BCUT2D eigenvalue weighted by Gasteiger charge is -2.32. The van der Waals surface area contributed by atoms with Crippen LogP contribution in [-0.4, -0.2) is 40.2 Å². The quantitative estimate of drug-likeness (QED) is 0.694. The molecule has 1 aromatic carbocycles. The molecule has 3 rings (SSSR count). The highest BCUT2D eigenvalue weighted by molar-refractivity contribution is 5.75. The Hall–Kier alpha value is -2.42. The molecule has 1 saturated heterocycles. The van der Waals surface area contributed by atoms with E-state index in [9.17, 15) is 18.0 Å². The Morgan fingerprint density at radius 3 is 2.93 bits per heavy atom. The number of carbonyl (C=O) groups excluding carboxylic acids is 1. The number of aromatic nitrogens is 2. The van der Waals surface area contributed by atoms with Crippen molar-refractivity contribution in [2.75, 3.05) is 13.2 Å². The lowest BCUT2D eigenvalue weighted by molar-refractivity contribution is -0.151. The molecule has 0 N–H and O–H groups in total. The molecule has 1 aromatic heterocycles. The number of rotatable bonds is 6. The Kier molecular flexibility index (Phi) is 6.33. The molecule has 28 heavy (non-hydrogen) atoms. The summed E-state index contributed by atoms with van der Waals surface area (Å²) in [6, 6.07) is 4.71.